The summed E-state index contributed by atoms with van der Waals surface area (Å²) in [5, 5.41) is 21.1. The highest BCUT2D eigenvalue weighted by Gasteiger charge is 2.24. The largest absolute Gasteiger partial charge is 0.465 e. The van der Waals surface area contributed by atoms with Crippen LogP contribution in [0.2, 0.25) is 0 Å². The molecule has 6 heteroatoms. The maximum absolute atomic E-state index is 10.7. The molecule has 2 unspecified atom stereocenters. The Bertz CT molecular complexity index is 200. The van der Waals surface area contributed by atoms with Crippen LogP contribution >= 0.6 is 0 Å². The van der Waals surface area contributed by atoms with Crippen LogP contribution in [0.3, 0.4) is 0 Å². The summed E-state index contributed by atoms with van der Waals surface area (Å²) in [6, 6.07) is -0.0326. The fourth-order valence-electron chi connectivity index (χ4n) is 1.50. The molecular formula is C8H16N2O4. The van der Waals surface area contributed by atoms with Crippen molar-refractivity contribution >= 4 is 6.09 Å². The average molecular weight is 204 g/mol. The van der Waals surface area contributed by atoms with Crippen molar-refractivity contribution in [1.82, 2.24) is 10.2 Å². The number of aliphatic hydroxyl groups is 1. The van der Waals surface area contributed by atoms with Gasteiger partial charge in [-0.25, -0.2) is 4.79 Å². The quantitative estimate of drug-likeness (QED) is 0.529. The summed E-state index contributed by atoms with van der Waals surface area (Å²) in [5.41, 5.74) is 0. The summed E-state index contributed by atoms with van der Waals surface area (Å²) in [5.74, 6) is 0. The number of methoxy groups -OCH3 is 1. The van der Waals surface area contributed by atoms with Gasteiger partial charge in [-0.05, 0) is 0 Å². The van der Waals surface area contributed by atoms with Crippen molar-refractivity contribution in [3.8, 4) is 0 Å². The predicted molar refractivity (Wildman–Crippen MR) is 49.0 cm³/mol. The first kappa shape index (κ1) is 11.2. The molecule has 82 valence electrons. The summed E-state index contributed by atoms with van der Waals surface area (Å²) in [6.45, 7) is 1.51. The number of rotatable bonds is 3. The summed E-state index contributed by atoms with van der Waals surface area (Å²) >= 11 is 0. The second-order valence-corrected chi connectivity index (χ2v) is 3.31. The number of carbonyl (C=O) groups is 1. The number of aliphatic hydroxyl groups excluding tert-OH is 1. The third-order valence-electron chi connectivity index (χ3n) is 2.28. The molecule has 0 aliphatic carbocycles. The van der Waals surface area contributed by atoms with E-state index in [1.54, 1.807) is 0 Å². The molecule has 1 rings (SSSR count). The maximum atomic E-state index is 10.7. The third-order valence-corrected chi connectivity index (χ3v) is 2.28. The Labute approximate surface area is 82.5 Å². The summed E-state index contributed by atoms with van der Waals surface area (Å²) < 4.78 is 4.70. The molecule has 0 aromatic rings. The molecule has 2 atom stereocenters. The van der Waals surface area contributed by atoms with E-state index < -0.39 is 12.4 Å². The highest BCUT2D eigenvalue weighted by Crippen LogP contribution is 2.06. The fraction of sp³-hybridized carbons (Fsp3) is 0.875. The van der Waals surface area contributed by atoms with Crippen LogP contribution in [0.1, 0.15) is 6.42 Å². The van der Waals surface area contributed by atoms with Gasteiger partial charge in [-0.2, -0.15) is 0 Å². The molecule has 0 bridgehead atoms. The Hall–Kier alpha value is -0.850. The van der Waals surface area contributed by atoms with E-state index in [0.29, 0.717) is 26.1 Å². The molecular weight excluding hydrogens is 188 g/mol. The standard InChI is InChI=1S/C8H16N2O4/c1-14-7(11)4-6-5-10(8(12)13)3-2-9-6/h6-7,9,11H,2-5H2,1H3,(H,12,13). The highest BCUT2D eigenvalue weighted by molar-refractivity contribution is 5.65. The van der Waals surface area contributed by atoms with Gasteiger partial charge >= 0.3 is 6.09 Å². The smallest absolute Gasteiger partial charge is 0.407 e. The lowest BCUT2D eigenvalue weighted by Gasteiger charge is -2.32. The van der Waals surface area contributed by atoms with Gasteiger partial charge in [0.1, 0.15) is 0 Å². The van der Waals surface area contributed by atoms with Crippen molar-refractivity contribution in [2.24, 2.45) is 0 Å². The van der Waals surface area contributed by atoms with Crippen molar-refractivity contribution < 1.29 is 19.7 Å². The SMILES string of the molecule is COC(O)CC1CN(C(=O)O)CCN1. The van der Waals surface area contributed by atoms with Crippen LogP contribution in [0.25, 0.3) is 0 Å². The lowest BCUT2D eigenvalue weighted by atomic mass is 10.1. The molecule has 14 heavy (non-hydrogen) atoms. The average Bonchev–Trinajstić information content (AvgIpc) is 2.18. The summed E-state index contributed by atoms with van der Waals surface area (Å²) in [6.07, 6.45) is -1.34. The molecule has 1 heterocycles. The van der Waals surface area contributed by atoms with Crippen LogP contribution in [0.5, 0.6) is 0 Å². The first-order valence-electron chi connectivity index (χ1n) is 4.55. The molecule has 1 saturated heterocycles. The van der Waals surface area contributed by atoms with Crippen LogP contribution in [-0.4, -0.2) is 60.3 Å². The molecule has 3 N–H and O–H groups in total. The van der Waals surface area contributed by atoms with E-state index in [0.717, 1.165) is 0 Å². The molecule has 0 aromatic carbocycles. The monoisotopic (exact) mass is 204 g/mol. The number of nitrogens with one attached hydrogen (secondary N) is 1. The van der Waals surface area contributed by atoms with Gasteiger partial charge in [0.05, 0.1) is 0 Å². The van der Waals surface area contributed by atoms with Crippen LogP contribution in [-0.2, 0) is 4.74 Å². The van der Waals surface area contributed by atoms with Gasteiger partial charge in [0, 0.05) is 39.2 Å². The van der Waals surface area contributed by atoms with E-state index in [9.17, 15) is 9.90 Å². The minimum Gasteiger partial charge on any atom is -0.465 e. The molecule has 0 aromatic heterocycles. The molecule has 1 aliphatic heterocycles. The third kappa shape index (κ3) is 3.13. The molecule has 6 nitrogen and oxygen atoms in total. The Kier molecular flexibility index (Phi) is 4.12. The van der Waals surface area contributed by atoms with E-state index in [2.05, 4.69) is 5.32 Å². The van der Waals surface area contributed by atoms with Gasteiger partial charge < -0.3 is 25.2 Å². The van der Waals surface area contributed by atoms with E-state index in [1.807, 2.05) is 0 Å². The first-order chi connectivity index (χ1) is 6.63. The Balaban J connectivity index is 2.36. The number of hydrogen-bond acceptors (Lipinski definition) is 4. The number of amides is 1. The minimum atomic E-state index is -0.914. The summed E-state index contributed by atoms with van der Waals surface area (Å²) in [7, 11) is 1.42. The van der Waals surface area contributed by atoms with E-state index in [1.165, 1.54) is 12.0 Å². The molecule has 1 aliphatic rings. The molecule has 1 amide bonds. The Morgan fingerprint density at radius 2 is 2.50 bits per heavy atom. The van der Waals surface area contributed by atoms with E-state index in [-0.39, 0.29) is 6.04 Å². The number of hydrogen-bond donors (Lipinski definition) is 3. The van der Waals surface area contributed by atoms with Crippen LogP contribution < -0.4 is 5.32 Å². The Morgan fingerprint density at radius 3 is 3.07 bits per heavy atom. The predicted octanol–water partition coefficient (Wildman–Crippen LogP) is -0.707. The molecule has 0 saturated carbocycles. The first-order valence-corrected chi connectivity index (χ1v) is 4.55. The molecule has 0 radical (unpaired) electrons. The van der Waals surface area contributed by atoms with Crippen molar-refractivity contribution in [1.29, 1.82) is 0 Å². The fourth-order valence-corrected chi connectivity index (χ4v) is 1.50. The van der Waals surface area contributed by atoms with Crippen molar-refractivity contribution in [3.05, 3.63) is 0 Å². The summed E-state index contributed by atoms with van der Waals surface area (Å²) in [4.78, 5) is 12.0. The van der Waals surface area contributed by atoms with E-state index in [4.69, 9.17) is 9.84 Å². The number of nitrogens with zero attached hydrogens (tertiary/aromatic N) is 1. The highest BCUT2D eigenvalue weighted by atomic mass is 16.6. The van der Waals surface area contributed by atoms with Crippen molar-refractivity contribution in [2.45, 2.75) is 18.8 Å². The number of piperazine rings is 1. The molecule has 1 fully saturated rings. The van der Waals surface area contributed by atoms with Crippen molar-refractivity contribution in [3.63, 3.8) is 0 Å². The zero-order valence-corrected chi connectivity index (χ0v) is 8.14. The van der Waals surface area contributed by atoms with E-state index >= 15 is 0 Å². The zero-order chi connectivity index (χ0) is 10.6. The van der Waals surface area contributed by atoms with Gasteiger partial charge in [-0.3, -0.25) is 0 Å². The normalized spacial score (nSPS) is 24.7. The Morgan fingerprint density at radius 1 is 1.79 bits per heavy atom. The topological polar surface area (TPSA) is 82.0 Å². The minimum absolute atomic E-state index is 0.0326. The second-order valence-electron chi connectivity index (χ2n) is 3.31. The van der Waals surface area contributed by atoms with Crippen molar-refractivity contribution in [2.75, 3.05) is 26.7 Å². The van der Waals surface area contributed by atoms with Crippen LogP contribution in [0, 0.1) is 0 Å². The zero-order valence-electron chi connectivity index (χ0n) is 8.14. The van der Waals surface area contributed by atoms with Gasteiger partial charge in [-0.15, -0.1) is 0 Å². The number of ether oxygens (including phenoxy) is 1. The maximum Gasteiger partial charge on any atom is 0.407 e. The van der Waals surface area contributed by atoms with Gasteiger partial charge in [-0.1, -0.05) is 0 Å². The van der Waals surface area contributed by atoms with Crippen LogP contribution in [0.4, 0.5) is 4.79 Å². The van der Waals surface area contributed by atoms with Crippen LogP contribution in [0.15, 0.2) is 0 Å². The lowest BCUT2D eigenvalue weighted by Crippen LogP contribution is -2.53. The number of carboxylic acid groups (broad SMARTS) is 1. The van der Waals surface area contributed by atoms with Gasteiger partial charge in [0.2, 0.25) is 0 Å². The van der Waals surface area contributed by atoms with Gasteiger partial charge in [0.25, 0.3) is 0 Å². The van der Waals surface area contributed by atoms with Gasteiger partial charge in [0.15, 0.2) is 6.29 Å². The molecule has 0 spiro atoms. The lowest BCUT2D eigenvalue weighted by molar-refractivity contribution is -0.0857. The second kappa shape index (κ2) is 5.14.